The van der Waals surface area contributed by atoms with Crippen LogP contribution in [0.4, 0.5) is 0 Å². The Morgan fingerprint density at radius 3 is 2.39 bits per heavy atom. The number of sulfonamides is 1. The van der Waals surface area contributed by atoms with Gasteiger partial charge in [0, 0.05) is 32.4 Å². The molecule has 1 fully saturated rings. The molecule has 0 spiro atoms. The molecule has 0 radical (unpaired) electrons. The van der Waals surface area contributed by atoms with Crippen LogP contribution in [0.1, 0.15) is 21.5 Å². The van der Waals surface area contributed by atoms with Crippen LogP contribution in [0, 0.1) is 11.3 Å². The zero-order valence-electron chi connectivity index (χ0n) is 16.8. The van der Waals surface area contributed by atoms with Crippen molar-refractivity contribution in [3.8, 4) is 6.07 Å². The summed E-state index contributed by atoms with van der Waals surface area (Å²) in [4.78, 5) is 14.5. The van der Waals surface area contributed by atoms with E-state index >= 15 is 0 Å². The van der Waals surface area contributed by atoms with Gasteiger partial charge in [-0.2, -0.15) is 14.7 Å². The number of piperazine rings is 1. The van der Waals surface area contributed by atoms with E-state index in [0.29, 0.717) is 12.1 Å². The molecule has 4 rings (SSSR count). The predicted molar refractivity (Wildman–Crippen MR) is 114 cm³/mol. The molecule has 1 aromatic heterocycles. The number of carbonyl (C=O) groups is 1. The zero-order chi connectivity index (χ0) is 21.8. The van der Waals surface area contributed by atoms with Crippen molar-refractivity contribution in [1.82, 2.24) is 19.0 Å². The van der Waals surface area contributed by atoms with Gasteiger partial charge in [-0.05, 0) is 17.7 Å². The SMILES string of the molecule is N#Cc1ccccc1S(=O)(=O)N1CCN(C(=O)c2cnn(Cc3ccccc3)c2)CC1. The first-order chi connectivity index (χ1) is 15.0. The Kier molecular flexibility index (Phi) is 5.84. The van der Waals surface area contributed by atoms with Crippen LogP contribution in [0.5, 0.6) is 0 Å². The van der Waals surface area contributed by atoms with Crippen molar-refractivity contribution in [2.75, 3.05) is 26.2 Å². The Hall–Kier alpha value is -3.48. The third-order valence-electron chi connectivity index (χ3n) is 5.22. The quantitative estimate of drug-likeness (QED) is 0.610. The lowest BCUT2D eigenvalue weighted by Crippen LogP contribution is -2.50. The molecule has 2 heterocycles. The summed E-state index contributed by atoms with van der Waals surface area (Å²) >= 11 is 0. The zero-order valence-corrected chi connectivity index (χ0v) is 17.6. The first-order valence-electron chi connectivity index (χ1n) is 9.84. The largest absolute Gasteiger partial charge is 0.336 e. The highest BCUT2D eigenvalue weighted by Crippen LogP contribution is 2.21. The van der Waals surface area contributed by atoms with Crippen LogP contribution >= 0.6 is 0 Å². The van der Waals surface area contributed by atoms with Gasteiger partial charge < -0.3 is 4.90 Å². The fourth-order valence-corrected chi connectivity index (χ4v) is 5.13. The highest BCUT2D eigenvalue weighted by molar-refractivity contribution is 7.89. The molecule has 1 amide bonds. The van der Waals surface area contributed by atoms with E-state index in [1.54, 1.807) is 27.9 Å². The maximum Gasteiger partial charge on any atom is 0.257 e. The highest BCUT2D eigenvalue weighted by atomic mass is 32.2. The standard InChI is InChI=1S/C22H21N5O3S/c23-14-19-8-4-5-9-21(19)31(29,30)27-12-10-25(11-13-27)22(28)20-15-24-26(17-20)16-18-6-2-1-3-7-18/h1-9,15,17H,10-13,16H2. The molecule has 3 aromatic rings. The summed E-state index contributed by atoms with van der Waals surface area (Å²) in [7, 11) is -3.79. The average Bonchev–Trinajstić information content (AvgIpc) is 3.27. The summed E-state index contributed by atoms with van der Waals surface area (Å²) in [5.41, 5.74) is 1.68. The lowest BCUT2D eigenvalue weighted by atomic mass is 10.2. The van der Waals surface area contributed by atoms with Crippen LogP contribution in [0.3, 0.4) is 0 Å². The van der Waals surface area contributed by atoms with Gasteiger partial charge in [-0.3, -0.25) is 9.48 Å². The Morgan fingerprint density at radius 2 is 1.68 bits per heavy atom. The van der Waals surface area contributed by atoms with Gasteiger partial charge in [0.1, 0.15) is 6.07 Å². The van der Waals surface area contributed by atoms with E-state index in [9.17, 15) is 18.5 Å². The van der Waals surface area contributed by atoms with E-state index in [1.165, 1.54) is 22.6 Å². The highest BCUT2D eigenvalue weighted by Gasteiger charge is 2.32. The summed E-state index contributed by atoms with van der Waals surface area (Å²) in [5, 5.41) is 13.5. The minimum atomic E-state index is -3.79. The van der Waals surface area contributed by atoms with Gasteiger partial charge in [-0.1, -0.05) is 42.5 Å². The van der Waals surface area contributed by atoms with Gasteiger partial charge in [0.25, 0.3) is 5.91 Å². The number of rotatable bonds is 5. The molecule has 2 aromatic carbocycles. The first-order valence-corrected chi connectivity index (χ1v) is 11.3. The topological polar surface area (TPSA) is 99.3 Å². The van der Waals surface area contributed by atoms with Crippen molar-refractivity contribution in [2.24, 2.45) is 0 Å². The number of aromatic nitrogens is 2. The molecular weight excluding hydrogens is 414 g/mol. The van der Waals surface area contributed by atoms with E-state index in [0.717, 1.165) is 5.56 Å². The fraction of sp³-hybridized carbons (Fsp3) is 0.227. The summed E-state index contributed by atoms with van der Waals surface area (Å²) < 4.78 is 28.9. The lowest BCUT2D eigenvalue weighted by Gasteiger charge is -2.33. The molecule has 0 bridgehead atoms. The molecule has 1 aliphatic rings. The van der Waals surface area contributed by atoms with Crippen molar-refractivity contribution < 1.29 is 13.2 Å². The van der Waals surface area contributed by atoms with Crippen molar-refractivity contribution in [1.29, 1.82) is 5.26 Å². The Labute approximate surface area is 181 Å². The molecule has 0 N–H and O–H groups in total. The molecule has 8 nitrogen and oxygen atoms in total. The second-order valence-electron chi connectivity index (χ2n) is 7.22. The van der Waals surface area contributed by atoms with Crippen LogP contribution in [-0.2, 0) is 16.6 Å². The van der Waals surface area contributed by atoms with Gasteiger partial charge in [0.05, 0.1) is 28.8 Å². The number of hydrogen-bond acceptors (Lipinski definition) is 5. The van der Waals surface area contributed by atoms with Gasteiger partial charge in [-0.25, -0.2) is 8.42 Å². The van der Waals surface area contributed by atoms with E-state index in [-0.39, 0.29) is 42.5 Å². The number of carbonyl (C=O) groups excluding carboxylic acids is 1. The lowest BCUT2D eigenvalue weighted by molar-refractivity contribution is 0.0698. The summed E-state index contributed by atoms with van der Waals surface area (Å²) in [6.45, 7) is 1.46. The van der Waals surface area contributed by atoms with Gasteiger partial charge in [-0.15, -0.1) is 0 Å². The summed E-state index contributed by atoms with van der Waals surface area (Å²) in [6.07, 6.45) is 3.25. The van der Waals surface area contributed by atoms with Crippen LogP contribution in [0.25, 0.3) is 0 Å². The Morgan fingerprint density at radius 1 is 1.00 bits per heavy atom. The van der Waals surface area contributed by atoms with Crippen LogP contribution in [0.2, 0.25) is 0 Å². The monoisotopic (exact) mass is 435 g/mol. The van der Waals surface area contributed by atoms with Gasteiger partial charge >= 0.3 is 0 Å². The number of hydrogen-bond donors (Lipinski definition) is 0. The second kappa shape index (κ2) is 8.71. The van der Waals surface area contributed by atoms with Gasteiger partial charge in [0.15, 0.2) is 0 Å². The number of nitriles is 1. The van der Waals surface area contributed by atoms with E-state index in [1.807, 2.05) is 36.4 Å². The molecule has 31 heavy (non-hydrogen) atoms. The summed E-state index contributed by atoms with van der Waals surface area (Å²) in [6, 6.07) is 17.9. The fourth-order valence-electron chi connectivity index (χ4n) is 3.57. The van der Waals surface area contributed by atoms with E-state index in [2.05, 4.69) is 5.10 Å². The molecule has 158 valence electrons. The predicted octanol–water partition coefficient (Wildman–Crippen LogP) is 1.95. The van der Waals surface area contributed by atoms with E-state index in [4.69, 9.17) is 0 Å². The third kappa shape index (κ3) is 4.35. The number of nitrogens with zero attached hydrogens (tertiary/aromatic N) is 5. The van der Waals surface area contributed by atoms with Gasteiger partial charge in [0.2, 0.25) is 10.0 Å². The molecule has 0 aliphatic carbocycles. The Bertz CT molecular complexity index is 1220. The normalized spacial score (nSPS) is 14.9. The van der Waals surface area contributed by atoms with E-state index < -0.39 is 10.0 Å². The minimum Gasteiger partial charge on any atom is -0.336 e. The molecule has 0 atom stereocenters. The average molecular weight is 436 g/mol. The van der Waals surface area contributed by atoms with Crippen LogP contribution in [0.15, 0.2) is 71.9 Å². The van der Waals surface area contributed by atoms with Crippen LogP contribution < -0.4 is 0 Å². The molecule has 1 saturated heterocycles. The second-order valence-corrected chi connectivity index (χ2v) is 9.12. The molecule has 0 unspecified atom stereocenters. The number of benzene rings is 2. The molecule has 1 aliphatic heterocycles. The Balaban J connectivity index is 1.41. The maximum atomic E-state index is 12.9. The van der Waals surface area contributed by atoms with Crippen LogP contribution in [-0.4, -0.2) is 59.5 Å². The van der Waals surface area contributed by atoms with Crippen molar-refractivity contribution >= 4 is 15.9 Å². The molecular formula is C22H21N5O3S. The van der Waals surface area contributed by atoms with Crippen molar-refractivity contribution in [2.45, 2.75) is 11.4 Å². The maximum absolute atomic E-state index is 12.9. The third-order valence-corrected chi connectivity index (χ3v) is 7.18. The first kappa shape index (κ1) is 20.8. The molecule has 9 heteroatoms. The molecule has 0 saturated carbocycles. The summed E-state index contributed by atoms with van der Waals surface area (Å²) in [5.74, 6) is -0.172. The van der Waals surface area contributed by atoms with Crippen molar-refractivity contribution in [3.63, 3.8) is 0 Å². The number of amides is 1. The smallest absolute Gasteiger partial charge is 0.257 e. The minimum absolute atomic E-state index is 0.000495. The van der Waals surface area contributed by atoms with Crippen molar-refractivity contribution in [3.05, 3.63) is 83.7 Å².